The number of aromatic nitrogens is 4. The Balaban J connectivity index is 0.000000132. The number of carbonyl (C=O) groups is 10. The lowest BCUT2D eigenvalue weighted by atomic mass is 9.83. The first-order valence-corrected chi connectivity index (χ1v) is 51.3. The van der Waals surface area contributed by atoms with Crippen LogP contribution in [0.5, 0.6) is 23.0 Å². The predicted octanol–water partition coefficient (Wildman–Crippen LogP) is 17.8. The zero-order valence-electron chi connectivity index (χ0n) is 85.2. The summed E-state index contributed by atoms with van der Waals surface area (Å²) in [5, 5.41) is 28.2. The molecule has 32 nitrogen and oxygen atoms in total. The fourth-order valence-corrected chi connectivity index (χ4v) is 21.5. The highest BCUT2D eigenvalue weighted by molar-refractivity contribution is 6.15. The maximum atomic E-state index is 12.6. The third-order valence-corrected chi connectivity index (χ3v) is 30.0. The number of rotatable bonds is 24. The van der Waals surface area contributed by atoms with Crippen LogP contribution in [0.3, 0.4) is 0 Å². The van der Waals surface area contributed by atoms with Crippen LogP contribution in [0.4, 0.5) is 9.59 Å². The third-order valence-electron chi connectivity index (χ3n) is 30.0. The summed E-state index contributed by atoms with van der Waals surface area (Å²) < 4.78 is 57.6. The maximum Gasteiger partial charge on any atom is 0.410 e. The minimum atomic E-state index is -0.482. The molecule has 12 aromatic rings. The predicted molar refractivity (Wildman–Crippen MR) is 548 cm³/mol. The quantitative estimate of drug-likeness (QED) is 0.0507. The molecule has 8 aromatic carbocycles. The Bertz CT molecular complexity index is 6310. The lowest BCUT2D eigenvalue weighted by Gasteiger charge is -2.37. The molecule has 144 heavy (non-hydrogen) atoms. The Hall–Kier alpha value is -12.5. The van der Waals surface area contributed by atoms with E-state index in [2.05, 4.69) is 92.3 Å². The van der Waals surface area contributed by atoms with Crippen molar-refractivity contribution in [2.75, 3.05) is 147 Å². The number of ketones is 8. The smallest absolute Gasteiger partial charge is 0.410 e. The lowest BCUT2D eigenvalue weighted by Crippen LogP contribution is -2.47. The fourth-order valence-electron chi connectivity index (χ4n) is 21.5. The molecule has 2 amide bonds. The first-order valence-electron chi connectivity index (χ1n) is 51.3. The van der Waals surface area contributed by atoms with Crippen LogP contribution in [0.25, 0.3) is 87.0 Å². The summed E-state index contributed by atoms with van der Waals surface area (Å²) >= 11 is 0. The van der Waals surface area contributed by atoms with E-state index in [-0.39, 0.29) is 96.0 Å². The molecule has 764 valence electrons. The van der Waals surface area contributed by atoms with Crippen LogP contribution in [-0.2, 0) is 47.8 Å². The summed E-state index contributed by atoms with van der Waals surface area (Å²) in [4.78, 5) is 139. The molecule has 4 aliphatic heterocycles. The number of hydrogen-bond acceptors (Lipinski definition) is 30. The van der Waals surface area contributed by atoms with Crippen molar-refractivity contribution >= 4 is 145 Å². The van der Waals surface area contributed by atoms with Crippen LogP contribution in [0, 0.1) is 0 Å². The van der Waals surface area contributed by atoms with Gasteiger partial charge < -0.3 is 66.1 Å². The molecule has 8 aliphatic rings. The average molecular weight is 1970 g/mol. The van der Waals surface area contributed by atoms with E-state index in [1.54, 1.807) is 9.80 Å². The Morgan fingerprint density at radius 2 is 0.542 bits per heavy atom. The third kappa shape index (κ3) is 24.8. The molecular weight excluding hydrogens is 1830 g/mol. The van der Waals surface area contributed by atoms with Gasteiger partial charge in [0.1, 0.15) is 130 Å². The minimum Gasteiger partial charge on any atom is -0.492 e. The number of ether oxygens (including phenoxy) is 6. The second-order valence-corrected chi connectivity index (χ2v) is 42.4. The van der Waals surface area contributed by atoms with Gasteiger partial charge >= 0.3 is 12.2 Å². The normalized spacial score (nSPS) is 20.0. The summed E-state index contributed by atoms with van der Waals surface area (Å²) in [6.45, 7) is 24.4. The summed E-state index contributed by atoms with van der Waals surface area (Å²) in [5.74, 6) is 1.35. The summed E-state index contributed by atoms with van der Waals surface area (Å²) in [6, 6.07) is 41.4. The zero-order valence-corrected chi connectivity index (χ0v) is 85.2. The van der Waals surface area contributed by atoms with Gasteiger partial charge in [-0.25, -0.2) is 9.59 Å². The first kappa shape index (κ1) is 103. The van der Waals surface area contributed by atoms with E-state index >= 15 is 0 Å². The van der Waals surface area contributed by atoms with Crippen molar-refractivity contribution in [1.29, 1.82) is 0 Å². The number of Topliss-reactive ketones (excluding diaryl/α,β-unsaturated/α-hetero) is 8. The second kappa shape index (κ2) is 45.4. The highest BCUT2D eigenvalue weighted by Gasteiger charge is 2.40. The topological polar surface area (TPSA) is 356 Å². The number of piperidine rings is 4. The SMILES string of the molecule is CN(CCOc1ccc2c(ccc3onc([C@@H]4CCC(=O)CC4=O)c32)c1)C1CCN(C(=O)OC(C)(C)C)CC1.CN(CCOc1ccc2c(ccc3onc([C@H]4CCC(=O)CC4=O)c32)c1)C1CCN(C(=O)OC(C)(C)C)CC1.CN1CCC(N(C)CCOc2ccc3c(ccc4onc([C@@H]5CCC(=O)CC5=O)c43)c2)CC1.CN1CCC(N(C)CCOc2ccc3c(ccc4onc([C@H]5CCC(=O)CC5=O)c43)c2)CC1. The number of fused-ring (bicyclic) bond motifs is 12. The van der Waals surface area contributed by atoms with Crippen LogP contribution >= 0.6 is 0 Å². The van der Waals surface area contributed by atoms with Crippen molar-refractivity contribution in [3.63, 3.8) is 0 Å². The van der Waals surface area contributed by atoms with Gasteiger partial charge in [0.15, 0.2) is 22.3 Å². The van der Waals surface area contributed by atoms with Crippen molar-refractivity contribution in [3.8, 4) is 23.0 Å². The van der Waals surface area contributed by atoms with E-state index < -0.39 is 23.0 Å². The van der Waals surface area contributed by atoms with Crippen molar-refractivity contribution in [2.24, 2.45) is 0 Å². The lowest BCUT2D eigenvalue weighted by molar-refractivity contribution is -0.132. The minimum absolute atomic E-state index is 0.00617. The van der Waals surface area contributed by atoms with E-state index in [4.69, 9.17) is 46.5 Å². The molecule has 20 rings (SSSR count). The van der Waals surface area contributed by atoms with Crippen molar-refractivity contribution in [1.82, 2.24) is 59.8 Å². The van der Waals surface area contributed by atoms with Crippen LogP contribution < -0.4 is 18.9 Å². The first-order chi connectivity index (χ1) is 69.2. The molecule has 0 N–H and O–H groups in total. The number of amides is 2. The van der Waals surface area contributed by atoms with Gasteiger partial charge in [0.05, 0.1) is 70.9 Å². The molecule has 0 radical (unpaired) electrons. The molecule has 32 heteroatoms. The van der Waals surface area contributed by atoms with Gasteiger partial charge in [0, 0.05) is 102 Å². The summed E-state index contributed by atoms with van der Waals surface area (Å²) in [7, 11) is 12.9. The van der Waals surface area contributed by atoms with Crippen molar-refractivity contribution in [2.45, 2.75) is 229 Å². The maximum absolute atomic E-state index is 12.6. The molecule has 4 aliphatic carbocycles. The van der Waals surface area contributed by atoms with Crippen LogP contribution in [0.2, 0.25) is 0 Å². The van der Waals surface area contributed by atoms with E-state index in [1.807, 2.05) is 163 Å². The van der Waals surface area contributed by atoms with E-state index in [0.717, 1.165) is 166 Å². The van der Waals surface area contributed by atoms with E-state index in [9.17, 15) is 47.9 Å². The Morgan fingerprint density at radius 1 is 0.319 bits per heavy atom. The van der Waals surface area contributed by atoms with Crippen molar-refractivity contribution < 1.29 is 94.5 Å². The van der Waals surface area contributed by atoms with Crippen molar-refractivity contribution in [3.05, 3.63) is 144 Å². The summed E-state index contributed by atoms with van der Waals surface area (Å²) in [6.07, 6.45) is 11.5. The van der Waals surface area contributed by atoms with Crippen LogP contribution in [0.1, 0.15) is 216 Å². The van der Waals surface area contributed by atoms with Crippen LogP contribution in [0.15, 0.2) is 139 Å². The van der Waals surface area contributed by atoms with E-state index in [1.165, 1.54) is 25.7 Å². The number of likely N-dealkylation sites (N-methyl/N-ethyl adjacent to an activating group) is 4. The Morgan fingerprint density at radius 3 is 0.757 bits per heavy atom. The van der Waals surface area contributed by atoms with Gasteiger partial charge in [-0.05, 0) is 327 Å². The van der Waals surface area contributed by atoms with Gasteiger partial charge in [-0.1, -0.05) is 44.9 Å². The number of likely N-dealkylation sites (tertiary alicyclic amines) is 4. The average Bonchev–Trinajstić information content (AvgIpc) is 1.61. The molecule has 4 saturated carbocycles. The molecule has 4 aromatic heterocycles. The second-order valence-electron chi connectivity index (χ2n) is 42.4. The molecule has 8 heterocycles. The number of benzene rings is 8. The Kier molecular flexibility index (Phi) is 32.5. The molecule has 8 fully saturated rings. The van der Waals surface area contributed by atoms with Gasteiger partial charge in [0.25, 0.3) is 0 Å². The zero-order chi connectivity index (χ0) is 101. The fraction of sp³-hybridized carbons (Fsp3) is 0.518. The van der Waals surface area contributed by atoms with Gasteiger partial charge in [0.2, 0.25) is 0 Å². The van der Waals surface area contributed by atoms with E-state index in [0.29, 0.717) is 173 Å². The van der Waals surface area contributed by atoms with Gasteiger partial charge in [-0.2, -0.15) is 0 Å². The highest BCUT2D eigenvalue weighted by atomic mass is 16.6. The molecule has 0 spiro atoms. The molecular formula is C112H136N12O20. The molecule has 0 unspecified atom stereocenters. The number of hydrogen-bond donors (Lipinski definition) is 0. The van der Waals surface area contributed by atoms with Gasteiger partial charge in [-0.15, -0.1) is 0 Å². The molecule has 4 atom stereocenters. The standard InChI is InChI=1S/2C30H37N3O6.2C26H31N3O4/c2*1-30(2,3)38-29(36)33-13-11-20(12-14-33)32(4)15-16-37-22-7-9-23-19(17-22)5-10-26-27(23)28(31-39-26)24-8-6-21(34)18-25(24)35;2*1-28-11-9-18(10-12-28)29(2)13-14-32-20-5-7-21-17(15-20)3-8-24-25(21)26(27-33-24)22-6-4-19(30)16-23(22)31/h2*5,7,9-10,17,20,24H,6,8,11-16,18H2,1-4H3;2*3,5,7-8,15,18,22H,4,6,9-14,16H2,1-2H3/t2*24-;2*22-/m1010/s1. The largest absolute Gasteiger partial charge is 0.492 e. The monoisotopic (exact) mass is 1970 g/mol. The number of carbonyl (C=O) groups excluding carboxylic acids is 10. The van der Waals surface area contributed by atoms with Gasteiger partial charge in [-0.3, -0.25) is 58.0 Å². The van der Waals surface area contributed by atoms with Crippen LogP contribution in [-0.4, -0.2) is 301 Å². The number of nitrogens with zero attached hydrogens (tertiary/aromatic N) is 12. The Labute approximate surface area is 838 Å². The molecule has 0 bridgehead atoms. The molecule has 4 saturated heterocycles. The highest BCUT2D eigenvalue weighted by Crippen LogP contribution is 2.44. The summed E-state index contributed by atoms with van der Waals surface area (Å²) in [5.41, 5.74) is 4.19.